The van der Waals surface area contributed by atoms with Gasteiger partial charge in [-0.3, -0.25) is 9.59 Å². The molecule has 1 amide bonds. The summed E-state index contributed by atoms with van der Waals surface area (Å²) in [5, 5.41) is 8.81. The number of nitrogens with zero attached hydrogens (tertiary/aromatic N) is 1. The molecule has 6 heteroatoms. The molecule has 1 saturated heterocycles. The maximum atomic E-state index is 13.8. The van der Waals surface area contributed by atoms with Crippen molar-refractivity contribution >= 4 is 11.9 Å². The van der Waals surface area contributed by atoms with Gasteiger partial charge in [0.15, 0.2) is 11.6 Å². The van der Waals surface area contributed by atoms with E-state index in [1.165, 1.54) is 25.3 Å². The summed E-state index contributed by atoms with van der Waals surface area (Å²) < 4.78 is 18.6. The molecule has 0 bridgehead atoms. The summed E-state index contributed by atoms with van der Waals surface area (Å²) in [5.41, 5.74) is 0.264. The number of piperidine rings is 1. The Bertz CT molecular complexity index is 561. The van der Waals surface area contributed by atoms with Crippen LogP contribution in [-0.4, -0.2) is 41.6 Å². The number of benzene rings is 1. The fourth-order valence-electron chi connectivity index (χ4n) is 2.82. The summed E-state index contributed by atoms with van der Waals surface area (Å²) >= 11 is 0. The number of methoxy groups -OCH3 is 1. The second-order valence-electron chi connectivity index (χ2n) is 5.43. The minimum atomic E-state index is -0.867. The van der Waals surface area contributed by atoms with E-state index in [2.05, 4.69) is 0 Å². The van der Waals surface area contributed by atoms with Crippen molar-refractivity contribution in [1.29, 1.82) is 0 Å². The minimum absolute atomic E-state index is 0.0332. The van der Waals surface area contributed by atoms with Gasteiger partial charge in [-0.05, 0) is 43.9 Å². The number of hydrogen-bond acceptors (Lipinski definition) is 3. The van der Waals surface area contributed by atoms with E-state index in [0.717, 1.165) is 19.3 Å². The third-order valence-corrected chi connectivity index (χ3v) is 3.98. The summed E-state index contributed by atoms with van der Waals surface area (Å²) in [6.07, 6.45) is 3.11. The third kappa shape index (κ3) is 3.75. The van der Waals surface area contributed by atoms with E-state index in [1.807, 2.05) is 0 Å². The van der Waals surface area contributed by atoms with Crippen molar-refractivity contribution in [3.05, 3.63) is 29.6 Å². The van der Waals surface area contributed by atoms with Gasteiger partial charge in [0.2, 0.25) is 0 Å². The van der Waals surface area contributed by atoms with Gasteiger partial charge in [-0.1, -0.05) is 0 Å². The van der Waals surface area contributed by atoms with Crippen molar-refractivity contribution in [2.45, 2.75) is 38.1 Å². The molecule has 0 radical (unpaired) electrons. The zero-order chi connectivity index (χ0) is 16.1. The van der Waals surface area contributed by atoms with Crippen molar-refractivity contribution in [3.8, 4) is 5.75 Å². The van der Waals surface area contributed by atoms with Crippen LogP contribution in [0.3, 0.4) is 0 Å². The molecule has 2 rings (SSSR count). The molecular weight excluding hydrogens is 289 g/mol. The molecule has 1 aliphatic rings. The van der Waals surface area contributed by atoms with Crippen molar-refractivity contribution in [3.63, 3.8) is 0 Å². The molecule has 0 saturated carbocycles. The lowest BCUT2D eigenvalue weighted by Crippen LogP contribution is -2.44. The van der Waals surface area contributed by atoms with E-state index in [-0.39, 0.29) is 29.7 Å². The van der Waals surface area contributed by atoms with Gasteiger partial charge >= 0.3 is 5.97 Å². The first-order valence-corrected chi connectivity index (χ1v) is 7.39. The summed E-state index contributed by atoms with van der Waals surface area (Å²) in [5.74, 6) is -1.60. The molecule has 5 nitrogen and oxygen atoms in total. The van der Waals surface area contributed by atoms with E-state index in [4.69, 9.17) is 9.84 Å². The lowest BCUT2D eigenvalue weighted by Gasteiger charge is -2.35. The number of aliphatic carboxylic acids is 1. The maximum Gasteiger partial charge on any atom is 0.303 e. The fourth-order valence-corrected chi connectivity index (χ4v) is 2.82. The average molecular weight is 309 g/mol. The quantitative estimate of drug-likeness (QED) is 0.908. The number of carbonyl (C=O) groups is 2. The topological polar surface area (TPSA) is 66.8 Å². The van der Waals surface area contributed by atoms with E-state index in [0.29, 0.717) is 13.0 Å². The van der Waals surface area contributed by atoms with Gasteiger partial charge in [-0.25, -0.2) is 4.39 Å². The number of hydrogen-bond donors (Lipinski definition) is 1. The van der Waals surface area contributed by atoms with Gasteiger partial charge in [-0.2, -0.15) is 0 Å². The largest absolute Gasteiger partial charge is 0.494 e. The Labute approximate surface area is 128 Å². The smallest absolute Gasteiger partial charge is 0.303 e. The highest BCUT2D eigenvalue weighted by Crippen LogP contribution is 2.25. The van der Waals surface area contributed by atoms with Crippen LogP contribution >= 0.6 is 0 Å². The van der Waals surface area contributed by atoms with E-state index in [9.17, 15) is 14.0 Å². The lowest BCUT2D eigenvalue weighted by molar-refractivity contribution is -0.137. The Morgan fingerprint density at radius 1 is 1.41 bits per heavy atom. The number of likely N-dealkylation sites (tertiary alicyclic amines) is 1. The molecular formula is C16H20FNO4. The van der Waals surface area contributed by atoms with Crippen LogP contribution in [0, 0.1) is 5.82 Å². The van der Waals surface area contributed by atoms with Gasteiger partial charge in [0.25, 0.3) is 5.91 Å². The van der Waals surface area contributed by atoms with E-state index >= 15 is 0 Å². The molecule has 0 aliphatic carbocycles. The van der Waals surface area contributed by atoms with Gasteiger partial charge < -0.3 is 14.7 Å². The summed E-state index contributed by atoms with van der Waals surface area (Å²) in [6.45, 7) is 0.580. The molecule has 1 heterocycles. The average Bonchev–Trinajstić information content (AvgIpc) is 2.52. The summed E-state index contributed by atoms with van der Waals surface area (Å²) in [7, 11) is 1.37. The van der Waals surface area contributed by atoms with Crippen LogP contribution in [0.25, 0.3) is 0 Å². The molecule has 1 fully saturated rings. The Morgan fingerprint density at radius 3 is 2.82 bits per heavy atom. The number of rotatable bonds is 5. The van der Waals surface area contributed by atoms with Crippen LogP contribution in [0.1, 0.15) is 42.5 Å². The van der Waals surface area contributed by atoms with Crippen molar-refractivity contribution in [2.75, 3.05) is 13.7 Å². The first-order chi connectivity index (χ1) is 10.5. The summed E-state index contributed by atoms with van der Waals surface area (Å²) in [6, 6.07) is 4.04. The van der Waals surface area contributed by atoms with Crippen LogP contribution in [-0.2, 0) is 4.79 Å². The zero-order valence-corrected chi connectivity index (χ0v) is 12.5. The lowest BCUT2D eigenvalue weighted by atomic mass is 9.97. The number of amides is 1. The fraction of sp³-hybridized carbons (Fsp3) is 0.500. The van der Waals surface area contributed by atoms with Gasteiger partial charge in [0.05, 0.1) is 7.11 Å². The van der Waals surface area contributed by atoms with Gasteiger partial charge in [0.1, 0.15) is 0 Å². The van der Waals surface area contributed by atoms with Crippen molar-refractivity contribution in [1.82, 2.24) is 4.90 Å². The third-order valence-electron chi connectivity index (χ3n) is 3.98. The first kappa shape index (κ1) is 16.3. The van der Waals surface area contributed by atoms with Crippen LogP contribution in [0.15, 0.2) is 18.2 Å². The first-order valence-electron chi connectivity index (χ1n) is 7.39. The SMILES string of the molecule is COc1ccc(C(=O)N2CCCC[C@@H]2CCC(=O)O)cc1F. The molecule has 0 spiro atoms. The van der Waals surface area contributed by atoms with Crippen LogP contribution in [0.5, 0.6) is 5.75 Å². The zero-order valence-electron chi connectivity index (χ0n) is 12.5. The molecule has 1 aromatic rings. The second-order valence-corrected chi connectivity index (χ2v) is 5.43. The summed E-state index contributed by atoms with van der Waals surface area (Å²) in [4.78, 5) is 25.0. The van der Waals surface area contributed by atoms with Crippen molar-refractivity contribution in [2.24, 2.45) is 0 Å². The standard InChI is InChI=1S/C16H20FNO4/c1-22-14-7-5-11(10-13(14)17)16(21)18-9-3-2-4-12(18)6-8-15(19)20/h5,7,10,12H,2-4,6,8-9H2,1H3,(H,19,20)/t12-/m1/s1. The van der Waals surface area contributed by atoms with Gasteiger partial charge in [-0.15, -0.1) is 0 Å². The Morgan fingerprint density at radius 2 is 2.18 bits per heavy atom. The second kappa shape index (κ2) is 7.24. The molecule has 1 aliphatic heterocycles. The number of carbonyl (C=O) groups excluding carboxylic acids is 1. The molecule has 120 valence electrons. The maximum absolute atomic E-state index is 13.8. The van der Waals surface area contributed by atoms with E-state index < -0.39 is 11.8 Å². The number of halogens is 1. The minimum Gasteiger partial charge on any atom is -0.494 e. The number of carboxylic acid groups (broad SMARTS) is 1. The highest BCUT2D eigenvalue weighted by molar-refractivity contribution is 5.94. The molecule has 0 unspecified atom stereocenters. The predicted molar refractivity (Wildman–Crippen MR) is 78.5 cm³/mol. The Hall–Kier alpha value is -2.11. The van der Waals surface area contributed by atoms with Gasteiger partial charge in [0, 0.05) is 24.6 Å². The Kier molecular flexibility index (Phi) is 5.35. The molecule has 22 heavy (non-hydrogen) atoms. The number of ether oxygens (including phenoxy) is 1. The number of carboxylic acids is 1. The van der Waals surface area contributed by atoms with Crippen LogP contribution < -0.4 is 4.74 Å². The normalized spacial score (nSPS) is 18.1. The molecule has 1 N–H and O–H groups in total. The Balaban J connectivity index is 2.14. The highest BCUT2D eigenvalue weighted by Gasteiger charge is 2.28. The monoisotopic (exact) mass is 309 g/mol. The van der Waals surface area contributed by atoms with Crippen molar-refractivity contribution < 1.29 is 23.8 Å². The highest BCUT2D eigenvalue weighted by atomic mass is 19.1. The van der Waals surface area contributed by atoms with E-state index in [1.54, 1.807) is 4.90 Å². The van der Waals surface area contributed by atoms with Crippen LogP contribution in [0.2, 0.25) is 0 Å². The predicted octanol–water partition coefficient (Wildman–Crippen LogP) is 2.69. The molecule has 0 aromatic heterocycles. The molecule has 1 aromatic carbocycles. The molecule has 1 atom stereocenters. The van der Waals surface area contributed by atoms with Crippen LogP contribution in [0.4, 0.5) is 4.39 Å².